The maximum Gasteiger partial charge on any atom is 0.251 e. The summed E-state index contributed by atoms with van der Waals surface area (Å²) < 4.78 is 21.5. The van der Waals surface area contributed by atoms with Crippen molar-refractivity contribution >= 4 is 33.6 Å². The van der Waals surface area contributed by atoms with E-state index in [0.29, 0.717) is 6.42 Å². The Hall–Kier alpha value is -2.76. The fourth-order valence-corrected chi connectivity index (χ4v) is 3.73. The van der Waals surface area contributed by atoms with Gasteiger partial charge in [0.1, 0.15) is 11.8 Å². The van der Waals surface area contributed by atoms with Gasteiger partial charge in [-0.2, -0.15) is 5.10 Å². The molecule has 0 radical (unpaired) electrons. The summed E-state index contributed by atoms with van der Waals surface area (Å²) in [4.78, 5) is 27.1. The molecular formula is C22H26BrFN4O5. The van der Waals surface area contributed by atoms with Crippen molar-refractivity contribution in [3.63, 3.8) is 0 Å². The Balaban J connectivity index is 1.70. The van der Waals surface area contributed by atoms with E-state index in [0.717, 1.165) is 0 Å². The number of nitrogens with one attached hydrogen (secondary N) is 1. The Morgan fingerprint density at radius 2 is 2.12 bits per heavy atom. The molecule has 33 heavy (non-hydrogen) atoms. The molecule has 2 heterocycles. The predicted octanol–water partition coefficient (Wildman–Crippen LogP) is 2.30. The second kappa shape index (κ2) is 10.9. The van der Waals surface area contributed by atoms with Gasteiger partial charge in [0, 0.05) is 18.3 Å². The number of carbonyl (C=O) groups is 2. The van der Waals surface area contributed by atoms with Crippen LogP contribution in [0.3, 0.4) is 0 Å². The Morgan fingerprint density at radius 3 is 2.82 bits per heavy atom. The van der Waals surface area contributed by atoms with E-state index in [4.69, 9.17) is 9.84 Å². The van der Waals surface area contributed by atoms with Crippen molar-refractivity contribution in [3.05, 3.63) is 52.6 Å². The number of hydrogen-bond acceptors (Lipinski definition) is 6. The summed E-state index contributed by atoms with van der Waals surface area (Å²) in [6, 6.07) is 5.37. The predicted molar refractivity (Wildman–Crippen MR) is 122 cm³/mol. The van der Waals surface area contributed by atoms with Gasteiger partial charge in [-0.1, -0.05) is 19.9 Å². The zero-order valence-corrected chi connectivity index (χ0v) is 19.8. The summed E-state index contributed by atoms with van der Waals surface area (Å²) in [6.07, 6.45) is 2.25. The molecule has 0 fully saturated rings. The van der Waals surface area contributed by atoms with Crippen molar-refractivity contribution in [2.45, 2.75) is 39.0 Å². The summed E-state index contributed by atoms with van der Waals surface area (Å²) in [7, 11) is 0. The minimum Gasteiger partial charge on any atom is -0.456 e. The molecule has 0 saturated carbocycles. The topological polar surface area (TPSA) is 117 Å². The third-order valence-electron chi connectivity index (χ3n) is 4.92. The minimum absolute atomic E-state index is 0.0206. The standard InChI is InChI=1S/C22H26BrFN4O5/c1-13(2)8-17(22(32)25-19-6-7-27(26-19)10-14(30)12-29)28-11-15(9-20(28)31)33-18-5-3-4-16(23)21(18)24/h3-7,9,13-14,17,29-30H,8,10-12H2,1-2H3,(H,25,26,32)/t14-,17+/m1/s1. The van der Waals surface area contributed by atoms with Gasteiger partial charge in [0.25, 0.3) is 5.91 Å². The van der Waals surface area contributed by atoms with Gasteiger partial charge < -0.3 is 25.2 Å². The molecule has 1 aromatic heterocycles. The number of aromatic nitrogens is 2. The molecule has 1 aromatic carbocycles. The molecule has 1 aliphatic heterocycles. The maximum atomic E-state index is 14.3. The summed E-state index contributed by atoms with van der Waals surface area (Å²) in [5.74, 6) is -0.829. The zero-order valence-electron chi connectivity index (χ0n) is 18.2. The van der Waals surface area contributed by atoms with E-state index in [1.165, 1.54) is 27.8 Å². The lowest BCUT2D eigenvalue weighted by atomic mass is 10.0. The molecule has 2 atom stereocenters. The van der Waals surface area contributed by atoms with Gasteiger partial charge in [-0.25, -0.2) is 4.39 Å². The van der Waals surface area contributed by atoms with Crippen LogP contribution in [0.4, 0.5) is 10.2 Å². The highest BCUT2D eigenvalue weighted by atomic mass is 79.9. The quantitative estimate of drug-likeness (QED) is 0.439. The highest BCUT2D eigenvalue weighted by molar-refractivity contribution is 9.10. The van der Waals surface area contributed by atoms with Gasteiger partial charge in [0.2, 0.25) is 5.91 Å². The van der Waals surface area contributed by atoms with Crippen LogP contribution in [0, 0.1) is 11.7 Å². The van der Waals surface area contributed by atoms with E-state index >= 15 is 0 Å². The van der Waals surface area contributed by atoms with Gasteiger partial charge in [-0.3, -0.25) is 14.3 Å². The molecular weight excluding hydrogens is 499 g/mol. The molecule has 178 valence electrons. The first kappa shape index (κ1) is 24.9. The van der Waals surface area contributed by atoms with Gasteiger partial charge in [-0.15, -0.1) is 0 Å². The number of hydrogen-bond donors (Lipinski definition) is 3. The van der Waals surface area contributed by atoms with Crippen LogP contribution in [-0.2, 0) is 16.1 Å². The van der Waals surface area contributed by atoms with Crippen molar-refractivity contribution in [1.29, 1.82) is 0 Å². The highest BCUT2D eigenvalue weighted by Crippen LogP contribution is 2.28. The van der Waals surface area contributed by atoms with E-state index in [-0.39, 0.29) is 40.8 Å². The number of nitrogens with zero attached hydrogens (tertiary/aromatic N) is 3. The third-order valence-corrected chi connectivity index (χ3v) is 5.54. The van der Waals surface area contributed by atoms with Crippen LogP contribution in [0.1, 0.15) is 20.3 Å². The molecule has 0 bridgehead atoms. The SMILES string of the molecule is CC(C)C[C@@H](C(=O)Nc1ccn(C[C@@H](O)CO)n1)N1CC(Oc2cccc(Br)c2F)=CC1=O. The van der Waals surface area contributed by atoms with Crippen LogP contribution in [0.2, 0.25) is 0 Å². The molecule has 2 amide bonds. The van der Waals surface area contributed by atoms with Crippen LogP contribution in [-0.4, -0.2) is 62.0 Å². The Bertz CT molecular complexity index is 1040. The number of ether oxygens (including phenoxy) is 1. The number of amides is 2. The first-order valence-electron chi connectivity index (χ1n) is 10.4. The molecule has 0 spiro atoms. The van der Waals surface area contributed by atoms with Crippen LogP contribution in [0.25, 0.3) is 0 Å². The number of halogens is 2. The number of carbonyl (C=O) groups excluding carboxylic acids is 2. The van der Waals surface area contributed by atoms with Crippen LogP contribution in [0.5, 0.6) is 5.75 Å². The molecule has 1 aliphatic rings. The average molecular weight is 525 g/mol. The van der Waals surface area contributed by atoms with E-state index < -0.39 is 36.4 Å². The van der Waals surface area contributed by atoms with Gasteiger partial charge in [0.05, 0.1) is 30.3 Å². The second-order valence-corrected chi connectivity index (χ2v) is 8.98. The second-order valence-electron chi connectivity index (χ2n) is 8.12. The van der Waals surface area contributed by atoms with Crippen LogP contribution >= 0.6 is 15.9 Å². The Labute approximate surface area is 199 Å². The Morgan fingerprint density at radius 1 is 1.36 bits per heavy atom. The summed E-state index contributed by atoms with van der Waals surface area (Å²) in [5, 5.41) is 25.4. The van der Waals surface area contributed by atoms with Crippen LogP contribution < -0.4 is 10.1 Å². The Kier molecular flexibility index (Phi) is 8.22. The lowest BCUT2D eigenvalue weighted by molar-refractivity contribution is -0.133. The minimum atomic E-state index is -0.969. The first-order chi connectivity index (χ1) is 15.7. The molecule has 0 aliphatic carbocycles. The number of aliphatic hydroxyl groups excluding tert-OH is 2. The molecule has 3 N–H and O–H groups in total. The molecule has 0 unspecified atom stereocenters. The molecule has 0 saturated heterocycles. The fourth-order valence-electron chi connectivity index (χ4n) is 3.38. The summed E-state index contributed by atoms with van der Waals surface area (Å²) >= 11 is 3.10. The summed E-state index contributed by atoms with van der Waals surface area (Å²) in [6.45, 7) is 3.56. The van der Waals surface area contributed by atoms with Gasteiger partial charge in [0.15, 0.2) is 17.4 Å². The largest absolute Gasteiger partial charge is 0.456 e. The lowest BCUT2D eigenvalue weighted by Crippen LogP contribution is -2.46. The first-order valence-corrected chi connectivity index (χ1v) is 11.2. The van der Waals surface area contributed by atoms with Crippen molar-refractivity contribution in [2.24, 2.45) is 5.92 Å². The van der Waals surface area contributed by atoms with E-state index in [1.807, 2.05) is 13.8 Å². The maximum absolute atomic E-state index is 14.3. The summed E-state index contributed by atoms with van der Waals surface area (Å²) in [5.41, 5.74) is 0. The normalized spacial score (nSPS) is 15.5. The van der Waals surface area contributed by atoms with Crippen molar-refractivity contribution in [2.75, 3.05) is 18.5 Å². The smallest absolute Gasteiger partial charge is 0.251 e. The molecule has 11 heteroatoms. The fraction of sp³-hybridized carbons (Fsp3) is 0.409. The number of rotatable bonds is 10. The van der Waals surface area contributed by atoms with Crippen molar-refractivity contribution < 1.29 is 28.9 Å². The van der Waals surface area contributed by atoms with E-state index in [9.17, 15) is 19.1 Å². The third kappa shape index (κ3) is 6.40. The zero-order chi connectivity index (χ0) is 24.1. The monoisotopic (exact) mass is 524 g/mol. The molecule has 2 aromatic rings. The van der Waals surface area contributed by atoms with Gasteiger partial charge in [-0.05, 0) is 40.4 Å². The van der Waals surface area contributed by atoms with Crippen molar-refractivity contribution in [3.8, 4) is 5.75 Å². The average Bonchev–Trinajstić information content (AvgIpc) is 3.35. The number of aliphatic hydroxyl groups is 2. The van der Waals surface area contributed by atoms with E-state index in [2.05, 4.69) is 26.3 Å². The van der Waals surface area contributed by atoms with Gasteiger partial charge >= 0.3 is 0 Å². The number of benzene rings is 1. The molecule has 3 rings (SSSR count). The van der Waals surface area contributed by atoms with Crippen molar-refractivity contribution in [1.82, 2.24) is 14.7 Å². The van der Waals surface area contributed by atoms with E-state index in [1.54, 1.807) is 18.3 Å². The lowest BCUT2D eigenvalue weighted by Gasteiger charge is -2.28. The van der Waals surface area contributed by atoms with Crippen LogP contribution in [0.15, 0.2) is 46.8 Å². The highest BCUT2D eigenvalue weighted by Gasteiger charge is 2.35. The molecule has 9 nitrogen and oxygen atoms in total. The number of anilines is 1.